The molecule has 1 N–H and O–H groups in total. The number of carbonyl (C=O) groups excluding carboxylic acids is 1. The van der Waals surface area contributed by atoms with Crippen molar-refractivity contribution in [2.75, 3.05) is 0 Å². The summed E-state index contributed by atoms with van der Waals surface area (Å²) in [5.74, 6) is 1.69. The van der Waals surface area contributed by atoms with Crippen LogP contribution in [0.2, 0.25) is 0 Å². The van der Waals surface area contributed by atoms with Crippen LogP contribution in [0.15, 0.2) is 6.08 Å². The molecule has 3 heteroatoms. The van der Waals surface area contributed by atoms with Crippen LogP contribution in [0.4, 0.5) is 0 Å². The molecule has 0 aromatic rings. The topological polar surface area (TPSA) is 50.2 Å². The summed E-state index contributed by atoms with van der Waals surface area (Å²) in [4.78, 5) is 10.6. The third-order valence-electron chi connectivity index (χ3n) is 0.738. The van der Waals surface area contributed by atoms with Crippen molar-refractivity contribution in [2.45, 2.75) is 26.4 Å². The van der Waals surface area contributed by atoms with Gasteiger partial charge in [-0.05, 0) is 25.8 Å². The van der Waals surface area contributed by atoms with Crippen molar-refractivity contribution in [1.82, 2.24) is 0 Å². The van der Waals surface area contributed by atoms with Crippen LogP contribution in [0, 0.1) is 5.41 Å². The molecule has 0 saturated carbocycles. The molecule has 0 rings (SSSR count). The predicted molar refractivity (Wildman–Crippen MR) is 38.1 cm³/mol. The van der Waals surface area contributed by atoms with Gasteiger partial charge in [0, 0.05) is 0 Å². The summed E-state index contributed by atoms with van der Waals surface area (Å²) in [5.41, 5.74) is 0. The largest absolute Gasteiger partial charge is 0.463 e. The van der Waals surface area contributed by atoms with E-state index in [1.54, 1.807) is 13.8 Å². The highest BCUT2D eigenvalue weighted by Gasteiger charge is 2.00. The summed E-state index contributed by atoms with van der Waals surface area (Å²) in [6.07, 6.45) is 1.39. The molecule has 0 aliphatic rings. The van der Waals surface area contributed by atoms with E-state index in [4.69, 9.17) is 10.1 Å². The van der Waals surface area contributed by atoms with E-state index < -0.39 is 0 Å². The number of hydrogen-bond acceptors (Lipinski definition) is 3. The number of hydrogen-bond donors (Lipinski definition) is 1. The summed E-state index contributed by atoms with van der Waals surface area (Å²) in [7, 11) is 0. The minimum absolute atomic E-state index is 0.0772. The molecule has 0 amide bonds. The fourth-order valence-corrected chi connectivity index (χ4v) is 0.445. The first-order valence-corrected chi connectivity index (χ1v) is 3.10. The molecule has 0 bridgehead atoms. The number of nitrogens with one attached hydrogen (secondary N) is 1. The predicted octanol–water partition coefficient (Wildman–Crippen LogP) is 1.13. The average Bonchev–Trinajstić information content (AvgIpc) is 1.82. The maximum Gasteiger partial charge on any atom is 0.310 e. The zero-order valence-electron chi connectivity index (χ0n) is 6.18. The molecule has 0 unspecified atom stereocenters. The van der Waals surface area contributed by atoms with Gasteiger partial charge in [0.05, 0.1) is 12.5 Å². The zero-order valence-corrected chi connectivity index (χ0v) is 6.18. The molecular weight excluding hydrogens is 130 g/mol. The van der Waals surface area contributed by atoms with E-state index in [2.05, 4.69) is 0 Å². The zero-order chi connectivity index (χ0) is 7.98. The summed E-state index contributed by atoms with van der Waals surface area (Å²) < 4.78 is 4.76. The Bertz CT molecular complexity index is 157. The molecule has 0 aromatic carbocycles. The number of ether oxygens (including phenoxy) is 1. The van der Waals surface area contributed by atoms with E-state index >= 15 is 0 Å². The van der Waals surface area contributed by atoms with E-state index in [1.807, 2.05) is 5.87 Å². The molecule has 0 radical (unpaired) electrons. The summed E-state index contributed by atoms with van der Waals surface area (Å²) in [6, 6.07) is 0. The first-order chi connectivity index (χ1) is 4.66. The normalized spacial score (nSPS) is 8.70. The van der Waals surface area contributed by atoms with Crippen molar-refractivity contribution in [1.29, 1.82) is 5.41 Å². The van der Waals surface area contributed by atoms with Gasteiger partial charge in [-0.25, -0.2) is 0 Å². The van der Waals surface area contributed by atoms with Gasteiger partial charge in [-0.15, -0.1) is 0 Å². The molecular formula is C7H11NO2. The molecule has 0 spiro atoms. The van der Waals surface area contributed by atoms with Crippen LogP contribution in [0.1, 0.15) is 20.3 Å². The Balaban J connectivity index is 3.54. The van der Waals surface area contributed by atoms with Gasteiger partial charge in [0.25, 0.3) is 0 Å². The first kappa shape index (κ1) is 8.92. The smallest absolute Gasteiger partial charge is 0.310 e. The third kappa shape index (κ3) is 5.06. The van der Waals surface area contributed by atoms with Gasteiger partial charge in [-0.3, -0.25) is 10.2 Å². The van der Waals surface area contributed by atoms with Crippen LogP contribution in [0.5, 0.6) is 0 Å². The number of rotatable bonds is 3. The van der Waals surface area contributed by atoms with Crippen molar-refractivity contribution in [3.05, 3.63) is 6.08 Å². The standard InChI is InChI=1S/C7H11NO2/c1-6(2)10-7(9)4-3-5-8/h3,6,8H,4H2,1-2H3. The summed E-state index contributed by atoms with van der Waals surface area (Å²) in [6.45, 7) is 3.57. The molecule has 0 atom stereocenters. The second-order valence-electron chi connectivity index (χ2n) is 2.09. The van der Waals surface area contributed by atoms with E-state index in [9.17, 15) is 4.79 Å². The lowest BCUT2D eigenvalue weighted by Crippen LogP contribution is -2.09. The van der Waals surface area contributed by atoms with Crippen LogP contribution in [-0.4, -0.2) is 17.9 Å². The Morgan fingerprint density at radius 1 is 1.80 bits per heavy atom. The first-order valence-electron chi connectivity index (χ1n) is 3.10. The fraction of sp³-hybridized carbons (Fsp3) is 0.571. The maximum absolute atomic E-state index is 10.6. The van der Waals surface area contributed by atoms with Crippen molar-refractivity contribution in [2.24, 2.45) is 0 Å². The van der Waals surface area contributed by atoms with Gasteiger partial charge in [0.1, 0.15) is 0 Å². The lowest BCUT2D eigenvalue weighted by Gasteiger charge is -2.04. The van der Waals surface area contributed by atoms with E-state index in [1.165, 1.54) is 6.08 Å². The van der Waals surface area contributed by atoms with E-state index in [0.29, 0.717) is 0 Å². The monoisotopic (exact) mass is 141 g/mol. The minimum Gasteiger partial charge on any atom is -0.463 e. The highest BCUT2D eigenvalue weighted by atomic mass is 16.5. The second kappa shape index (κ2) is 4.77. The lowest BCUT2D eigenvalue weighted by atomic mass is 10.4. The van der Waals surface area contributed by atoms with Crippen LogP contribution in [0.3, 0.4) is 0 Å². The molecule has 10 heavy (non-hydrogen) atoms. The molecule has 0 fully saturated rings. The van der Waals surface area contributed by atoms with Crippen molar-refractivity contribution in [3.63, 3.8) is 0 Å². The van der Waals surface area contributed by atoms with Gasteiger partial charge in [0.15, 0.2) is 0 Å². The molecule has 56 valence electrons. The summed E-state index contributed by atoms with van der Waals surface area (Å²) in [5, 5.41) is 6.47. The maximum atomic E-state index is 10.6. The molecule has 0 saturated heterocycles. The number of carbonyl (C=O) groups is 1. The molecule has 0 heterocycles. The quantitative estimate of drug-likeness (QED) is 0.473. The minimum atomic E-state index is -0.310. The highest BCUT2D eigenvalue weighted by Crippen LogP contribution is 1.92. The Labute approximate surface area is 60.2 Å². The van der Waals surface area contributed by atoms with E-state index in [-0.39, 0.29) is 18.5 Å². The third-order valence-corrected chi connectivity index (χ3v) is 0.738. The van der Waals surface area contributed by atoms with Gasteiger partial charge >= 0.3 is 5.97 Å². The molecule has 0 aliphatic carbocycles. The van der Waals surface area contributed by atoms with Gasteiger partial charge in [-0.2, -0.15) is 0 Å². The van der Waals surface area contributed by atoms with Gasteiger partial charge in [-0.1, -0.05) is 0 Å². The Morgan fingerprint density at radius 3 is 2.80 bits per heavy atom. The SMILES string of the molecule is CC(C)OC(=O)CC=C=N. The van der Waals surface area contributed by atoms with Gasteiger partial charge in [0.2, 0.25) is 0 Å². The van der Waals surface area contributed by atoms with Crippen molar-refractivity contribution < 1.29 is 9.53 Å². The molecule has 0 aliphatic heterocycles. The van der Waals surface area contributed by atoms with Crippen LogP contribution < -0.4 is 0 Å². The Hall–Kier alpha value is -1.08. The van der Waals surface area contributed by atoms with Crippen LogP contribution >= 0.6 is 0 Å². The fourth-order valence-electron chi connectivity index (χ4n) is 0.445. The molecule has 0 aromatic heterocycles. The van der Waals surface area contributed by atoms with E-state index in [0.717, 1.165) is 0 Å². The Kier molecular flexibility index (Phi) is 4.25. The average molecular weight is 141 g/mol. The van der Waals surface area contributed by atoms with Crippen LogP contribution in [0.25, 0.3) is 0 Å². The lowest BCUT2D eigenvalue weighted by molar-refractivity contribution is -0.146. The van der Waals surface area contributed by atoms with Crippen molar-refractivity contribution in [3.8, 4) is 0 Å². The van der Waals surface area contributed by atoms with Gasteiger partial charge < -0.3 is 4.74 Å². The highest BCUT2D eigenvalue weighted by molar-refractivity contribution is 5.73. The number of esters is 1. The summed E-state index contributed by atoms with van der Waals surface area (Å²) >= 11 is 0. The van der Waals surface area contributed by atoms with Crippen molar-refractivity contribution >= 4 is 11.8 Å². The second-order valence-corrected chi connectivity index (χ2v) is 2.09. The van der Waals surface area contributed by atoms with Crippen LogP contribution in [-0.2, 0) is 9.53 Å². The Morgan fingerprint density at radius 2 is 2.40 bits per heavy atom. The molecule has 3 nitrogen and oxygen atoms in total.